The maximum absolute atomic E-state index is 14.0. The molecule has 0 amide bonds. The molecule has 0 bridgehead atoms. The van der Waals surface area contributed by atoms with Crippen molar-refractivity contribution in [3.05, 3.63) is 118 Å². The van der Waals surface area contributed by atoms with Crippen molar-refractivity contribution in [1.82, 2.24) is 9.97 Å². The van der Waals surface area contributed by atoms with Gasteiger partial charge in [-0.05, 0) is 72.6 Å². The second-order valence-electron chi connectivity index (χ2n) is 9.36. The van der Waals surface area contributed by atoms with Crippen molar-refractivity contribution in [1.29, 1.82) is 0 Å². The summed E-state index contributed by atoms with van der Waals surface area (Å²) >= 11 is 3.23. The lowest BCUT2D eigenvalue weighted by atomic mass is 10.1. The van der Waals surface area contributed by atoms with Crippen LogP contribution in [0.2, 0.25) is 0 Å². The third-order valence-electron chi connectivity index (χ3n) is 6.50. The smallest absolute Gasteiger partial charge is 0.262 e. The Morgan fingerprint density at radius 3 is 1.82 bits per heavy atom. The Hall–Kier alpha value is -3.85. The molecule has 8 heteroatoms. The van der Waals surface area contributed by atoms with Gasteiger partial charge in [0.1, 0.15) is 11.4 Å². The van der Waals surface area contributed by atoms with E-state index in [1.165, 1.54) is 4.31 Å². The third-order valence-corrected chi connectivity index (χ3v) is 10.0. The molecule has 0 spiro atoms. The van der Waals surface area contributed by atoms with Crippen LogP contribution in [0.3, 0.4) is 0 Å². The maximum atomic E-state index is 14.0. The number of aromatic nitrogens is 2. The molecule has 3 heterocycles. The number of anilines is 1. The quantitative estimate of drug-likeness (QED) is 0.196. The number of rotatable bonds is 7. The number of thiophene rings is 2. The summed E-state index contributed by atoms with van der Waals surface area (Å²) in [4.78, 5) is 12.3. The van der Waals surface area contributed by atoms with Gasteiger partial charge in [-0.1, -0.05) is 59.7 Å². The first-order chi connectivity index (χ1) is 18.9. The Labute approximate surface area is 236 Å². The fourth-order valence-electron chi connectivity index (χ4n) is 4.38. The van der Waals surface area contributed by atoms with Gasteiger partial charge in [-0.25, -0.2) is 18.4 Å². The summed E-state index contributed by atoms with van der Waals surface area (Å²) in [6, 6.07) is 28.5. The van der Waals surface area contributed by atoms with E-state index >= 15 is 0 Å². The summed E-state index contributed by atoms with van der Waals surface area (Å²) in [5.41, 5.74) is 6.54. The minimum Gasteiger partial charge on any atom is -0.262 e. The van der Waals surface area contributed by atoms with Gasteiger partial charge in [-0.3, -0.25) is 4.31 Å². The molecule has 0 fully saturated rings. The molecular formula is C31H25N3O2S3. The van der Waals surface area contributed by atoms with E-state index < -0.39 is 10.0 Å². The Kier molecular flexibility index (Phi) is 6.76. The van der Waals surface area contributed by atoms with Crippen LogP contribution in [-0.2, 0) is 16.6 Å². The van der Waals surface area contributed by atoms with Crippen molar-refractivity contribution in [3.8, 4) is 21.1 Å². The molecule has 3 aromatic heterocycles. The summed E-state index contributed by atoms with van der Waals surface area (Å²) < 4.78 is 29.5. The van der Waals surface area contributed by atoms with E-state index in [4.69, 9.17) is 9.97 Å². The number of hydrogen-bond acceptors (Lipinski definition) is 6. The monoisotopic (exact) mass is 567 g/mol. The molecule has 3 aromatic carbocycles. The zero-order valence-corrected chi connectivity index (χ0v) is 23.9. The van der Waals surface area contributed by atoms with Gasteiger partial charge in [0, 0.05) is 0 Å². The average Bonchev–Trinajstić information content (AvgIpc) is 3.67. The number of benzene rings is 3. The molecule has 0 atom stereocenters. The van der Waals surface area contributed by atoms with Gasteiger partial charge < -0.3 is 0 Å². The molecule has 0 aliphatic rings. The summed E-state index contributed by atoms with van der Waals surface area (Å²) in [6.45, 7) is 4.15. The molecule has 0 saturated heterocycles. The van der Waals surface area contributed by atoms with E-state index in [0.29, 0.717) is 16.7 Å². The van der Waals surface area contributed by atoms with Crippen LogP contribution >= 0.6 is 22.7 Å². The molecule has 0 aliphatic heterocycles. The topological polar surface area (TPSA) is 63.2 Å². The van der Waals surface area contributed by atoms with Gasteiger partial charge in [0.05, 0.1) is 37.9 Å². The number of nitrogens with zero attached hydrogens (tertiary/aromatic N) is 3. The maximum Gasteiger partial charge on any atom is 0.264 e. The molecule has 194 valence electrons. The van der Waals surface area contributed by atoms with Crippen molar-refractivity contribution in [2.24, 2.45) is 0 Å². The van der Waals surface area contributed by atoms with Crippen LogP contribution in [0.15, 0.2) is 107 Å². The summed E-state index contributed by atoms with van der Waals surface area (Å²) in [6.07, 6.45) is 0. The van der Waals surface area contributed by atoms with Crippen LogP contribution in [0.4, 0.5) is 5.69 Å². The minimum absolute atomic E-state index is 0.195. The number of fused-ring (bicyclic) bond motifs is 1. The first-order valence-electron chi connectivity index (χ1n) is 12.4. The highest BCUT2D eigenvalue weighted by atomic mass is 32.2. The number of hydrogen-bond donors (Lipinski definition) is 0. The number of sulfonamides is 1. The van der Waals surface area contributed by atoms with Gasteiger partial charge in [0.15, 0.2) is 0 Å². The second-order valence-corrected chi connectivity index (χ2v) is 13.1. The molecule has 5 nitrogen and oxygen atoms in total. The Bertz CT molecular complexity index is 1850. The lowest BCUT2D eigenvalue weighted by molar-refractivity contribution is 0.590. The fourth-order valence-corrected chi connectivity index (χ4v) is 7.25. The highest BCUT2D eigenvalue weighted by Crippen LogP contribution is 2.37. The van der Waals surface area contributed by atoms with Crippen molar-refractivity contribution < 1.29 is 8.42 Å². The van der Waals surface area contributed by atoms with E-state index in [1.54, 1.807) is 34.8 Å². The van der Waals surface area contributed by atoms with Crippen LogP contribution in [0, 0.1) is 13.8 Å². The molecule has 0 unspecified atom stereocenters. The molecular weight excluding hydrogens is 543 g/mol. The highest BCUT2D eigenvalue weighted by molar-refractivity contribution is 7.92. The first kappa shape index (κ1) is 25.4. The standard InChI is InChI=1S/C31H25N3O2S3/c1-21-7-11-23(12-8-21)20-34(39(35,36)25-14-9-22(2)10-15-25)24-13-16-26-27(19-24)33-31(29-6-4-18-38-29)30(32-26)28-5-3-17-37-28/h3-19H,20H2,1-2H3. The van der Waals surface area contributed by atoms with Crippen molar-refractivity contribution in [3.63, 3.8) is 0 Å². The molecule has 0 N–H and O–H groups in total. The van der Waals surface area contributed by atoms with Gasteiger partial charge in [-0.15, -0.1) is 22.7 Å². The van der Waals surface area contributed by atoms with E-state index in [9.17, 15) is 8.42 Å². The van der Waals surface area contributed by atoms with Crippen LogP contribution in [0.1, 0.15) is 16.7 Å². The normalized spacial score (nSPS) is 11.6. The molecule has 39 heavy (non-hydrogen) atoms. The predicted molar refractivity (Wildman–Crippen MR) is 162 cm³/mol. The number of aryl methyl sites for hydroxylation is 2. The average molecular weight is 568 g/mol. The third kappa shape index (κ3) is 5.11. The van der Waals surface area contributed by atoms with Crippen molar-refractivity contribution in [2.45, 2.75) is 25.3 Å². The molecule has 0 radical (unpaired) electrons. The molecule has 6 rings (SSSR count). The predicted octanol–water partition coefficient (Wildman–Crippen LogP) is 8.10. The minimum atomic E-state index is -3.86. The largest absolute Gasteiger partial charge is 0.264 e. The summed E-state index contributed by atoms with van der Waals surface area (Å²) in [5.74, 6) is 0. The van der Waals surface area contributed by atoms with E-state index in [1.807, 2.05) is 103 Å². The Morgan fingerprint density at radius 1 is 0.692 bits per heavy atom. The van der Waals surface area contributed by atoms with Crippen LogP contribution in [0.25, 0.3) is 32.2 Å². The zero-order chi connectivity index (χ0) is 27.0. The summed E-state index contributed by atoms with van der Waals surface area (Å²) in [7, 11) is -3.86. The van der Waals surface area contributed by atoms with Crippen LogP contribution in [0.5, 0.6) is 0 Å². The van der Waals surface area contributed by atoms with Crippen LogP contribution < -0.4 is 4.31 Å². The fraction of sp³-hybridized carbons (Fsp3) is 0.0968. The van der Waals surface area contributed by atoms with Gasteiger partial charge in [0.25, 0.3) is 10.0 Å². The van der Waals surface area contributed by atoms with Gasteiger partial charge >= 0.3 is 0 Å². The van der Waals surface area contributed by atoms with Gasteiger partial charge in [0.2, 0.25) is 0 Å². The van der Waals surface area contributed by atoms with Crippen LogP contribution in [-0.4, -0.2) is 18.4 Å². The summed E-state index contributed by atoms with van der Waals surface area (Å²) in [5, 5.41) is 4.05. The second kappa shape index (κ2) is 10.4. The van der Waals surface area contributed by atoms with Crippen molar-refractivity contribution >= 4 is 49.4 Å². The highest BCUT2D eigenvalue weighted by Gasteiger charge is 2.26. The van der Waals surface area contributed by atoms with E-state index in [-0.39, 0.29) is 11.4 Å². The molecule has 6 aromatic rings. The lowest BCUT2D eigenvalue weighted by Crippen LogP contribution is -2.30. The lowest BCUT2D eigenvalue weighted by Gasteiger charge is -2.25. The Morgan fingerprint density at radius 2 is 1.26 bits per heavy atom. The Balaban J connectivity index is 1.51. The van der Waals surface area contributed by atoms with E-state index in [2.05, 4.69) is 0 Å². The van der Waals surface area contributed by atoms with E-state index in [0.717, 1.165) is 37.8 Å². The first-order valence-corrected chi connectivity index (χ1v) is 15.6. The van der Waals surface area contributed by atoms with Crippen molar-refractivity contribution in [2.75, 3.05) is 4.31 Å². The zero-order valence-electron chi connectivity index (χ0n) is 21.4. The SMILES string of the molecule is Cc1ccc(CN(c2ccc3nc(-c4cccs4)c(-c4cccs4)nc3c2)S(=O)(=O)c2ccc(C)cc2)cc1. The molecule has 0 saturated carbocycles. The molecule has 0 aliphatic carbocycles. The van der Waals surface area contributed by atoms with Gasteiger partial charge in [-0.2, -0.15) is 0 Å².